The molecule has 0 aromatic rings. The van der Waals surface area contributed by atoms with E-state index in [0.717, 1.165) is 71.6 Å². The molecule has 28 atom stereocenters. The maximum absolute atomic E-state index is 13.7. The van der Waals surface area contributed by atoms with Crippen LogP contribution in [0.5, 0.6) is 0 Å². The van der Waals surface area contributed by atoms with Crippen LogP contribution < -0.4 is 27.2 Å². The Morgan fingerprint density at radius 2 is 0.935 bits per heavy atom. The fourth-order valence-corrected chi connectivity index (χ4v) is 14.3. The van der Waals surface area contributed by atoms with Crippen LogP contribution in [-0.2, 0) is 66.5 Å². The number of aliphatic carboxylic acids is 1. The first-order chi connectivity index (χ1) is 51.3. The van der Waals surface area contributed by atoms with Crippen LogP contribution in [0.15, 0.2) is 12.2 Å². The number of carboxylic acid groups (broad SMARTS) is 1. The van der Waals surface area contributed by atoms with E-state index in [0.29, 0.717) is 12.8 Å². The molecular weight excluding hydrogens is 1430 g/mol. The number of rotatable bonds is 52. The van der Waals surface area contributed by atoms with E-state index in [4.69, 9.17) is 47.4 Å². The van der Waals surface area contributed by atoms with Gasteiger partial charge in [-0.15, -0.1) is 0 Å². The molecule has 0 aliphatic carbocycles. The van der Waals surface area contributed by atoms with Gasteiger partial charge in [-0.25, -0.2) is 0 Å². The minimum Gasteiger partial charge on any atom is -0.544 e. The number of hydrogen-bond acceptors (Lipinski definition) is 31. The number of carbonyl (C=O) groups excluding carboxylic acids is 4. The Morgan fingerprint density at radius 3 is 1.44 bits per heavy atom. The second-order valence-corrected chi connectivity index (χ2v) is 29.3. The number of aliphatic hydroxyl groups excluding tert-OH is 16. The summed E-state index contributed by atoms with van der Waals surface area (Å²) in [5.41, 5.74) is 0. The van der Waals surface area contributed by atoms with Crippen molar-refractivity contribution in [1.82, 2.24) is 22.1 Å². The third-order valence-corrected chi connectivity index (χ3v) is 20.6. The third-order valence-electron chi connectivity index (χ3n) is 20.6. The lowest BCUT2D eigenvalue weighted by Gasteiger charge is -2.54. The monoisotopic (exact) mass is 1560 g/mol. The van der Waals surface area contributed by atoms with Crippen LogP contribution >= 0.6 is 0 Å². The largest absolute Gasteiger partial charge is 0.544 e. The maximum Gasteiger partial charge on any atom is 0.220 e. The summed E-state index contributed by atoms with van der Waals surface area (Å²) < 4.78 is 59.9. The normalized spacial score (nSPS) is 34.3. The summed E-state index contributed by atoms with van der Waals surface area (Å²) in [7, 11) is 0. The second-order valence-electron chi connectivity index (χ2n) is 29.3. The van der Waals surface area contributed by atoms with Gasteiger partial charge in [-0.2, -0.15) is 0 Å². The lowest BCUT2D eigenvalue weighted by molar-refractivity contribution is -0.421. The molecule has 5 aliphatic heterocycles. The first-order valence-corrected chi connectivity index (χ1v) is 39.1. The number of quaternary nitrogens is 1. The van der Waals surface area contributed by atoms with E-state index in [2.05, 4.69) is 29.8 Å². The molecule has 0 saturated carbocycles. The summed E-state index contributed by atoms with van der Waals surface area (Å²) in [6.45, 7) is 0.239. The van der Waals surface area contributed by atoms with Gasteiger partial charge in [0.05, 0.1) is 63.9 Å². The van der Waals surface area contributed by atoms with Crippen molar-refractivity contribution in [3.63, 3.8) is 0 Å². The number of carboxylic acids is 1. The average Bonchev–Trinajstić information content (AvgIpc) is 0.750. The Hall–Kier alpha value is -3.46. The number of allylic oxidation sites excluding steroid dienone is 1. The summed E-state index contributed by atoms with van der Waals surface area (Å²) in [6.07, 6.45) is -17.3. The number of unbranched alkanes of at least 4 members (excludes halogenated alkanes) is 25. The standard InChI is InChI=1S/C73H131N3O31.H3N/c1-5-7-9-11-13-15-17-19-20-22-24-26-28-30-32-34-52(87)76-44(45(84)33-31-29-27-25-23-21-18-16-14-12-10-8-6-2)41-98-69-61(94)59(92)63(50(39-80)101-69)103-71-62(95)67(107-73(72(96)97)35-46(85)53(74-42(3)82)66(106-73)55(88)47(86)36-77)64(51(40-81)102-71)104-68-54(75-43(4)83)65(57(90)49(38-79)99-68)105-70-60(93)58(91)56(89)48(37-78)100-70;/h31,33,44-51,53-71,77-81,84-86,88-95H,5-30,32,34-41H2,1-4H3,(H,74,82)(H,75,83)(H,76,87)(H,96,97);1H3/b33-31+;/t44-,45+,46?,47+,48?,49?,50?,51?,53?,54?,55+,56?,57?,58?,59?,60?,61?,62?,63?,64?,65?,66?,67?,68?,69?,70?,71?,73?;/m0./s1. The Bertz CT molecular complexity index is 2510. The van der Waals surface area contributed by atoms with Gasteiger partial charge in [0, 0.05) is 26.7 Å². The minimum absolute atomic E-state index is 0. The van der Waals surface area contributed by atoms with E-state index in [1.165, 1.54) is 109 Å². The van der Waals surface area contributed by atoms with E-state index in [1.54, 1.807) is 0 Å². The molecule has 5 saturated heterocycles. The van der Waals surface area contributed by atoms with Gasteiger partial charge in [-0.1, -0.05) is 180 Å². The number of amides is 3. The smallest absolute Gasteiger partial charge is 0.220 e. The van der Waals surface area contributed by atoms with Gasteiger partial charge in [0.1, 0.15) is 122 Å². The van der Waals surface area contributed by atoms with Crippen molar-refractivity contribution in [3.8, 4) is 0 Å². The van der Waals surface area contributed by atoms with Crippen molar-refractivity contribution in [2.75, 3.05) is 39.6 Å². The van der Waals surface area contributed by atoms with Crippen LogP contribution in [0.4, 0.5) is 0 Å². The minimum atomic E-state index is -3.49. The number of ether oxygens (including phenoxy) is 10. The van der Waals surface area contributed by atoms with Gasteiger partial charge in [0.2, 0.25) is 23.5 Å². The van der Waals surface area contributed by atoms with Gasteiger partial charge >= 0.3 is 0 Å². The van der Waals surface area contributed by atoms with Crippen molar-refractivity contribution in [2.45, 2.75) is 385 Å². The molecule has 0 aromatic carbocycles. The summed E-state index contributed by atoms with van der Waals surface area (Å²) >= 11 is 0. The molecule has 35 nitrogen and oxygen atoms in total. The van der Waals surface area contributed by atoms with Gasteiger partial charge in [-0.05, 0) is 19.3 Å². The molecular formula is C73H134N4O31. The molecule has 5 heterocycles. The zero-order chi connectivity index (χ0) is 78.8. The summed E-state index contributed by atoms with van der Waals surface area (Å²) in [5, 5.41) is 199. The van der Waals surface area contributed by atoms with Gasteiger partial charge in [0.25, 0.3) is 0 Å². The molecule has 23 N–H and O–H groups in total. The van der Waals surface area contributed by atoms with Crippen molar-refractivity contribution < 1.29 is 153 Å². The molecule has 24 unspecified atom stereocenters. The van der Waals surface area contributed by atoms with Crippen LogP contribution in [0.3, 0.4) is 0 Å². The van der Waals surface area contributed by atoms with E-state index in [-0.39, 0.29) is 18.5 Å². The van der Waals surface area contributed by atoms with E-state index in [9.17, 15) is 106 Å². The Balaban J connectivity index is 0.0000246. The zero-order valence-corrected chi connectivity index (χ0v) is 63.8. The highest BCUT2D eigenvalue weighted by Crippen LogP contribution is 2.41. The van der Waals surface area contributed by atoms with Gasteiger partial charge in [0.15, 0.2) is 25.2 Å². The topological polar surface area (TPSA) is 580 Å². The molecule has 35 heteroatoms. The Kier molecular flexibility index (Phi) is 46.1. The van der Waals surface area contributed by atoms with Crippen LogP contribution in [0, 0.1) is 0 Å². The lowest BCUT2D eigenvalue weighted by atomic mass is 9.88. The first kappa shape index (κ1) is 96.9. The van der Waals surface area contributed by atoms with E-state index >= 15 is 0 Å². The van der Waals surface area contributed by atoms with Crippen molar-refractivity contribution in [2.24, 2.45) is 0 Å². The summed E-state index contributed by atoms with van der Waals surface area (Å²) in [4.78, 5) is 52.8. The fraction of sp³-hybridized carbons (Fsp3) is 0.918. The Morgan fingerprint density at radius 1 is 0.500 bits per heavy atom. The molecule has 108 heavy (non-hydrogen) atoms. The van der Waals surface area contributed by atoms with Crippen molar-refractivity contribution >= 4 is 23.7 Å². The van der Waals surface area contributed by atoms with Crippen LogP contribution in [0.25, 0.3) is 0 Å². The Labute approximate surface area is 633 Å². The summed E-state index contributed by atoms with van der Waals surface area (Å²) in [6, 6.07) is -4.85. The maximum atomic E-state index is 13.7. The molecule has 5 rings (SSSR count). The predicted molar refractivity (Wildman–Crippen MR) is 382 cm³/mol. The highest BCUT2D eigenvalue weighted by Gasteiger charge is 2.61. The van der Waals surface area contributed by atoms with Crippen LogP contribution in [0.2, 0.25) is 0 Å². The highest BCUT2D eigenvalue weighted by atomic mass is 16.8. The molecule has 5 fully saturated rings. The molecule has 0 radical (unpaired) electrons. The van der Waals surface area contributed by atoms with Crippen LogP contribution in [-0.4, -0.2) is 316 Å². The average molecular weight is 1560 g/mol. The molecule has 0 bridgehead atoms. The van der Waals surface area contributed by atoms with Gasteiger partial charge in [-0.3, -0.25) is 14.4 Å². The molecule has 5 aliphatic rings. The number of hydrogen-bond donors (Lipinski definition) is 20. The highest BCUT2D eigenvalue weighted by molar-refractivity contribution is 5.76. The molecule has 0 aromatic heterocycles. The molecule has 3 amide bonds. The second kappa shape index (κ2) is 51.4. The van der Waals surface area contributed by atoms with Crippen LogP contribution in [0.1, 0.15) is 214 Å². The van der Waals surface area contributed by atoms with E-state index < -0.39 is 235 Å². The number of nitrogens with one attached hydrogen (secondary N) is 3. The van der Waals surface area contributed by atoms with Crippen molar-refractivity contribution in [1.29, 1.82) is 0 Å². The van der Waals surface area contributed by atoms with Crippen molar-refractivity contribution in [3.05, 3.63) is 12.2 Å². The predicted octanol–water partition coefficient (Wildman–Crippen LogP) is -2.00. The van der Waals surface area contributed by atoms with E-state index in [1.807, 2.05) is 6.08 Å². The number of aliphatic hydroxyl groups is 16. The third kappa shape index (κ3) is 29.7. The number of carbonyl (C=O) groups is 4. The zero-order valence-electron chi connectivity index (χ0n) is 63.8. The summed E-state index contributed by atoms with van der Waals surface area (Å²) in [5.74, 6) is -8.10. The quantitative estimate of drug-likeness (QED) is 0.0231. The fourth-order valence-electron chi connectivity index (χ4n) is 14.3. The molecule has 632 valence electrons. The molecule has 0 spiro atoms. The SMILES string of the molecule is CCCCCCCCCCCCC/C=C/[C@@H](O)[C@H](COC1OC(CO)C(OC2OC(CO)C(OC3OC(CO)C(O)C(OC4OC(CO)C(O)C(O)C4O)C3NC(C)=O)C(OC3(C(=O)[O-])CC(O)C(NC(C)=O)C([C@H](O)[C@H](O)CO)O3)C2O)C(O)C1O)NC(=O)CCCCCCCCCCCCCCCCC.[NH4+]. The lowest BCUT2D eigenvalue weighted by Crippen LogP contribution is -2.73. The first-order valence-electron chi connectivity index (χ1n) is 39.1. The van der Waals surface area contributed by atoms with Gasteiger partial charge < -0.3 is 161 Å².